The van der Waals surface area contributed by atoms with Gasteiger partial charge in [-0.2, -0.15) is 0 Å². The highest BCUT2D eigenvalue weighted by atomic mass is 35.5. The number of anilines is 2. The Morgan fingerprint density at radius 1 is 1.21 bits per heavy atom. The lowest BCUT2D eigenvalue weighted by atomic mass is 10.0. The van der Waals surface area contributed by atoms with E-state index in [0.717, 1.165) is 25.3 Å². The first-order chi connectivity index (χ1) is 11.5. The van der Waals surface area contributed by atoms with E-state index in [0.29, 0.717) is 21.7 Å². The van der Waals surface area contributed by atoms with Crippen molar-refractivity contribution in [2.75, 3.05) is 23.3 Å². The number of piperidine rings is 1. The molecule has 24 heavy (non-hydrogen) atoms. The lowest BCUT2D eigenvalue weighted by Gasteiger charge is -2.31. The first kappa shape index (κ1) is 17.0. The monoisotopic (exact) mass is 364 g/mol. The number of halogens is 2. The molecule has 2 aromatic rings. The van der Waals surface area contributed by atoms with E-state index in [9.17, 15) is 4.79 Å². The van der Waals surface area contributed by atoms with E-state index in [1.165, 1.54) is 6.42 Å². The Morgan fingerprint density at radius 3 is 2.58 bits per heavy atom. The molecule has 1 unspecified atom stereocenters. The highest BCUT2D eigenvalue weighted by molar-refractivity contribution is 6.39. The summed E-state index contributed by atoms with van der Waals surface area (Å²) >= 11 is 12.1. The van der Waals surface area contributed by atoms with Gasteiger partial charge in [0, 0.05) is 13.1 Å². The van der Waals surface area contributed by atoms with Crippen LogP contribution in [-0.2, 0) is 0 Å². The number of hydrogen-bond acceptors (Lipinski definition) is 4. The van der Waals surface area contributed by atoms with Gasteiger partial charge in [0.05, 0.1) is 15.7 Å². The molecule has 7 heteroatoms. The number of aromatic nitrogens is 2. The number of amides is 1. The van der Waals surface area contributed by atoms with Crippen LogP contribution < -0.4 is 10.2 Å². The Hall–Kier alpha value is -1.85. The molecule has 1 aliphatic rings. The van der Waals surface area contributed by atoms with Crippen molar-refractivity contribution in [2.45, 2.75) is 19.8 Å². The average molecular weight is 365 g/mol. The molecule has 2 heterocycles. The van der Waals surface area contributed by atoms with Crippen molar-refractivity contribution in [3.63, 3.8) is 0 Å². The highest BCUT2D eigenvalue weighted by Gasteiger charge is 2.19. The number of carbonyl (C=O) groups is 1. The second-order valence-electron chi connectivity index (χ2n) is 6.02. The Bertz CT molecular complexity index is 716. The van der Waals surface area contributed by atoms with Gasteiger partial charge in [-0.25, -0.2) is 0 Å². The predicted molar refractivity (Wildman–Crippen MR) is 97.1 cm³/mol. The number of nitrogens with one attached hydrogen (secondary N) is 1. The fourth-order valence-corrected chi connectivity index (χ4v) is 3.30. The van der Waals surface area contributed by atoms with Crippen molar-refractivity contribution < 1.29 is 4.79 Å². The molecule has 1 saturated heterocycles. The zero-order valence-corrected chi connectivity index (χ0v) is 14.8. The maximum Gasteiger partial charge on any atom is 0.276 e. The lowest BCUT2D eigenvalue weighted by molar-refractivity contribution is 0.102. The Kier molecular flexibility index (Phi) is 5.21. The molecular weight excluding hydrogens is 347 g/mol. The Labute approximate surface area is 151 Å². The van der Waals surface area contributed by atoms with Gasteiger partial charge >= 0.3 is 0 Å². The molecule has 1 fully saturated rings. The number of hydrogen-bond donors (Lipinski definition) is 1. The summed E-state index contributed by atoms with van der Waals surface area (Å²) in [5.41, 5.74) is 0.598. The minimum atomic E-state index is -0.393. The Morgan fingerprint density at radius 2 is 1.96 bits per heavy atom. The topological polar surface area (TPSA) is 58.1 Å². The molecule has 0 spiro atoms. The molecule has 0 radical (unpaired) electrons. The summed E-state index contributed by atoms with van der Waals surface area (Å²) in [6.45, 7) is 4.17. The van der Waals surface area contributed by atoms with Gasteiger partial charge in [-0.3, -0.25) is 4.79 Å². The van der Waals surface area contributed by atoms with E-state index in [1.54, 1.807) is 24.3 Å². The van der Waals surface area contributed by atoms with Gasteiger partial charge in [-0.15, -0.1) is 10.2 Å². The summed E-state index contributed by atoms with van der Waals surface area (Å²) < 4.78 is 0. The molecule has 0 bridgehead atoms. The molecule has 0 saturated carbocycles. The standard InChI is InChI=1S/C17H18Cl2N4O/c1-11-4-3-9-23(10-11)15-8-7-14(21-22-15)17(24)20-16-12(18)5-2-6-13(16)19/h2,5-8,11H,3-4,9-10H2,1H3,(H,20,24). The maximum absolute atomic E-state index is 12.3. The number of rotatable bonds is 3. The molecule has 1 amide bonds. The summed E-state index contributed by atoms with van der Waals surface area (Å²) in [6, 6.07) is 8.54. The SMILES string of the molecule is CC1CCCN(c2ccc(C(=O)Nc3c(Cl)cccc3Cl)nn2)C1. The number of para-hydroxylation sites is 1. The molecule has 1 aliphatic heterocycles. The second kappa shape index (κ2) is 7.36. The van der Waals surface area contributed by atoms with Gasteiger partial charge in [-0.05, 0) is 43.0 Å². The van der Waals surface area contributed by atoms with Crippen molar-refractivity contribution >= 4 is 40.6 Å². The van der Waals surface area contributed by atoms with Crippen molar-refractivity contribution in [1.82, 2.24) is 10.2 Å². The summed E-state index contributed by atoms with van der Waals surface area (Å²) in [6.07, 6.45) is 2.39. The van der Waals surface area contributed by atoms with Gasteiger partial charge in [0.25, 0.3) is 5.91 Å². The highest BCUT2D eigenvalue weighted by Crippen LogP contribution is 2.30. The number of carbonyl (C=O) groups excluding carboxylic acids is 1. The third kappa shape index (κ3) is 3.79. The summed E-state index contributed by atoms with van der Waals surface area (Å²) in [5, 5.41) is 11.7. The van der Waals surface area contributed by atoms with Crippen LogP contribution in [0.25, 0.3) is 0 Å². The average Bonchev–Trinajstić information content (AvgIpc) is 2.58. The van der Waals surface area contributed by atoms with E-state index in [2.05, 4.69) is 27.3 Å². The van der Waals surface area contributed by atoms with Crippen LogP contribution in [0.15, 0.2) is 30.3 Å². The van der Waals surface area contributed by atoms with E-state index < -0.39 is 5.91 Å². The minimum absolute atomic E-state index is 0.222. The molecule has 1 N–H and O–H groups in total. The van der Waals surface area contributed by atoms with Gasteiger partial charge in [-0.1, -0.05) is 36.2 Å². The van der Waals surface area contributed by atoms with Crippen LogP contribution in [0.1, 0.15) is 30.3 Å². The van der Waals surface area contributed by atoms with Crippen LogP contribution in [-0.4, -0.2) is 29.2 Å². The summed E-state index contributed by atoms with van der Waals surface area (Å²) in [4.78, 5) is 14.5. The smallest absolute Gasteiger partial charge is 0.276 e. The normalized spacial score (nSPS) is 17.6. The predicted octanol–water partition coefficient (Wildman–Crippen LogP) is 4.27. The number of benzene rings is 1. The molecule has 0 aliphatic carbocycles. The van der Waals surface area contributed by atoms with E-state index in [4.69, 9.17) is 23.2 Å². The fraction of sp³-hybridized carbons (Fsp3) is 0.353. The van der Waals surface area contributed by atoms with Gasteiger partial charge < -0.3 is 10.2 Å². The molecule has 1 aromatic carbocycles. The quantitative estimate of drug-likeness (QED) is 0.883. The molecule has 1 atom stereocenters. The van der Waals surface area contributed by atoms with Gasteiger partial charge in [0.15, 0.2) is 11.5 Å². The maximum atomic E-state index is 12.3. The first-order valence-electron chi connectivity index (χ1n) is 7.88. The number of nitrogens with zero attached hydrogens (tertiary/aromatic N) is 3. The largest absolute Gasteiger partial charge is 0.355 e. The van der Waals surface area contributed by atoms with Crippen LogP contribution in [0, 0.1) is 5.92 Å². The van der Waals surface area contributed by atoms with Gasteiger partial charge in [0.2, 0.25) is 0 Å². The van der Waals surface area contributed by atoms with E-state index in [1.807, 2.05) is 6.07 Å². The van der Waals surface area contributed by atoms with Crippen molar-refractivity contribution in [3.05, 3.63) is 46.1 Å². The summed E-state index contributed by atoms with van der Waals surface area (Å²) in [7, 11) is 0. The molecule has 126 valence electrons. The zero-order chi connectivity index (χ0) is 17.1. The zero-order valence-electron chi connectivity index (χ0n) is 13.3. The van der Waals surface area contributed by atoms with Crippen molar-refractivity contribution in [2.24, 2.45) is 5.92 Å². The molecular formula is C17H18Cl2N4O. The second-order valence-corrected chi connectivity index (χ2v) is 6.84. The molecule has 5 nitrogen and oxygen atoms in total. The van der Waals surface area contributed by atoms with Crippen molar-refractivity contribution in [3.8, 4) is 0 Å². The fourth-order valence-electron chi connectivity index (χ4n) is 2.81. The minimum Gasteiger partial charge on any atom is -0.355 e. The van der Waals surface area contributed by atoms with Crippen LogP contribution in [0.2, 0.25) is 10.0 Å². The van der Waals surface area contributed by atoms with Gasteiger partial charge in [0.1, 0.15) is 0 Å². The van der Waals surface area contributed by atoms with Crippen LogP contribution in [0.4, 0.5) is 11.5 Å². The first-order valence-corrected chi connectivity index (χ1v) is 8.64. The third-order valence-corrected chi connectivity index (χ3v) is 4.70. The third-order valence-electron chi connectivity index (χ3n) is 4.07. The lowest BCUT2D eigenvalue weighted by Crippen LogP contribution is -2.35. The van der Waals surface area contributed by atoms with Crippen molar-refractivity contribution in [1.29, 1.82) is 0 Å². The Balaban J connectivity index is 1.72. The van der Waals surface area contributed by atoms with Crippen LogP contribution >= 0.6 is 23.2 Å². The molecule has 1 aromatic heterocycles. The summed E-state index contributed by atoms with van der Waals surface area (Å²) in [5.74, 6) is 1.05. The van der Waals surface area contributed by atoms with E-state index in [-0.39, 0.29) is 5.69 Å². The molecule has 3 rings (SSSR count). The van der Waals surface area contributed by atoms with E-state index >= 15 is 0 Å². The van der Waals surface area contributed by atoms with Crippen LogP contribution in [0.5, 0.6) is 0 Å². The van der Waals surface area contributed by atoms with Crippen LogP contribution in [0.3, 0.4) is 0 Å².